The Hall–Kier alpha value is -2.50. The number of nitrogens with zero attached hydrogens (tertiary/aromatic N) is 5. The number of amides is 1. The Morgan fingerprint density at radius 3 is 2.65 bits per heavy atom. The Morgan fingerprint density at radius 1 is 1.35 bits per heavy atom. The maximum atomic E-state index is 11.4. The van der Waals surface area contributed by atoms with Gasteiger partial charge in [0.15, 0.2) is 11.5 Å². The van der Waals surface area contributed by atoms with Crippen LogP contribution in [-0.4, -0.2) is 25.7 Å². The molecule has 9 heteroatoms. The van der Waals surface area contributed by atoms with Crippen LogP contribution < -0.4 is 5.32 Å². The molecule has 0 fully saturated rings. The fourth-order valence-corrected chi connectivity index (χ4v) is 2.71. The Bertz CT molecular complexity index is 960. The van der Waals surface area contributed by atoms with Gasteiger partial charge in [-0.25, -0.2) is 0 Å². The van der Waals surface area contributed by atoms with Crippen LogP contribution in [0.3, 0.4) is 0 Å². The molecular formula is C14H8BrClN6O. The molecule has 0 aliphatic heterocycles. The van der Waals surface area contributed by atoms with Gasteiger partial charge >= 0.3 is 0 Å². The van der Waals surface area contributed by atoms with E-state index in [0.29, 0.717) is 20.8 Å². The summed E-state index contributed by atoms with van der Waals surface area (Å²) in [6.45, 7) is 1.34. The number of nitriles is 1. The van der Waals surface area contributed by atoms with E-state index in [4.69, 9.17) is 16.9 Å². The average Bonchev–Trinajstić information content (AvgIpc) is 2.86. The quantitative estimate of drug-likeness (QED) is 0.724. The first kappa shape index (κ1) is 15.4. The number of nitrogens with one attached hydrogen (secondary N) is 1. The molecular weight excluding hydrogens is 384 g/mol. The molecule has 1 N–H and O–H groups in total. The number of hydrogen-bond donors (Lipinski definition) is 1. The second kappa shape index (κ2) is 5.95. The highest BCUT2D eigenvalue weighted by Gasteiger charge is 2.19. The molecule has 3 rings (SSSR count). The maximum absolute atomic E-state index is 11.4. The molecule has 0 saturated carbocycles. The summed E-state index contributed by atoms with van der Waals surface area (Å²) in [7, 11) is 0. The molecule has 0 saturated heterocycles. The minimum absolute atomic E-state index is 0.0228. The predicted molar refractivity (Wildman–Crippen MR) is 87.9 cm³/mol. The van der Waals surface area contributed by atoms with Crippen molar-refractivity contribution >= 4 is 44.9 Å². The van der Waals surface area contributed by atoms with Crippen molar-refractivity contribution in [3.63, 3.8) is 0 Å². The van der Waals surface area contributed by atoms with Crippen LogP contribution in [0.15, 0.2) is 28.7 Å². The number of carbonyl (C=O) groups is 1. The van der Waals surface area contributed by atoms with Gasteiger partial charge in [-0.3, -0.25) is 4.79 Å². The second-order valence-electron chi connectivity index (χ2n) is 4.60. The highest BCUT2D eigenvalue weighted by atomic mass is 79.9. The van der Waals surface area contributed by atoms with Gasteiger partial charge in [0.1, 0.15) is 11.8 Å². The van der Waals surface area contributed by atoms with Gasteiger partial charge < -0.3 is 5.32 Å². The van der Waals surface area contributed by atoms with E-state index in [1.54, 1.807) is 12.1 Å². The molecule has 0 aliphatic carbocycles. The number of fused-ring (bicyclic) bond motifs is 1. The smallest absolute Gasteiger partial charge is 0.222 e. The summed E-state index contributed by atoms with van der Waals surface area (Å²) < 4.78 is 1.98. The Labute approximate surface area is 144 Å². The molecule has 23 heavy (non-hydrogen) atoms. The van der Waals surface area contributed by atoms with Crippen LogP contribution in [0.25, 0.3) is 16.9 Å². The standard InChI is InChI=1S/C14H8BrClN6O/c1-7(23)18-13-10(6-17)19-20-14-11(15)12(21-22(13)14)8-2-4-9(16)5-3-8/h2-5H,1H3,(H,18,23). The van der Waals surface area contributed by atoms with Crippen LogP contribution in [0.1, 0.15) is 12.6 Å². The molecule has 0 spiro atoms. The summed E-state index contributed by atoms with van der Waals surface area (Å²) in [6, 6.07) is 9.00. The van der Waals surface area contributed by atoms with Crippen molar-refractivity contribution in [1.82, 2.24) is 19.8 Å². The lowest BCUT2D eigenvalue weighted by Crippen LogP contribution is -2.14. The topological polar surface area (TPSA) is 96.0 Å². The molecule has 0 aliphatic rings. The van der Waals surface area contributed by atoms with Gasteiger partial charge in [-0.15, -0.1) is 10.2 Å². The number of halogens is 2. The second-order valence-corrected chi connectivity index (χ2v) is 5.82. The van der Waals surface area contributed by atoms with Crippen LogP contribution >= 0.6 is 27.5 Å². The normalized spacial score (nSPS) is 10.5. The first-order chi connectivity index (χ1) is 11.0. The molecule has 0 radical (unpaired) electrons. The van der Waals surface area contributed by atoms with Crippen molar-refractivity contribution in [3.05, 3.63) is 39.5 Å². The number of rotatable bonds is 2. The van der Waals surface area contributed by atoms with Gasteiger partial charge in [0.25, 0.3) is 0 Å². The summed E-state index contributed by atoms with van der Waals surface area (Å²) in [5.74, 6) is -0.165. The lowest BCUT2D eigenvalue weighted by molar-refractivity contribution is -0.114. The zero-order chi connectivity index (χ0) is 16.6. The zero-order valence-corrected chi connectivity index (χ0v) is 14.1. The number of aromatic nitrogens is 4. The van der Waals surface area contributed by atoms with Gasteiger partial charge in [0, 0.05) is 17.5 Å². The Morgan fingerprint density at radius 2 is 2.04 bits per heavy atom. The van der Waals surface area contributed by atoms with Gasteiger partial charge in [-0.1, -0.05) is 23.7 Å². The van der Waals surface area contributed by atoms with E-state index in [-0.39, 0.29) is 17.4 Å². The minimum Gasteiger partial charge on any atom is -0.308 e. The van der Waals surface area contributed by atoms with E-state index >= 15 is 0 Å². The average molecular weight is 392 g/mol. The zero-order valence-electron chi connectivity index (χ0n) is 11.7. The maximum Gasteiger partial charge on any atom is 0.222 e. The molecule has 2 heterocycles. The number of hydrogen-bond acceptors (Lipinski definition) is 5. The van der Waals surface area contributed by atoms with Crippen LogP contribution in [0.2, 0.25) is 5.02 Å². The lowest BCUT2D eigenvalue weighted by atomic mass is 10.2. The van der Waals surface area contributed by atoms with Crippen LogP contribution in [0.4, 0.5) is 5.82 Å². The fourth-order valence-electron chi connectivity index (χ4n) is 2.02. The molecule has 1 aromatic carbocycles. The first-order valence-corrected chi connectivity index (χ1v) is 7.57. The molecule has 0 unspecified atom stereocenters. The summed E-state index contributed by atoms with van der Waals surface area (Å²) in [5, 5.41) is 24.6. The van der Waals surface area contributed by atoms with Crippen molar-refractivity contribution in [2.45, 2.75) is 6.92 Å². The van der Waals surface area contributed by atoms with Crippen molar-refractivity contribution in [1.29, 1.82) is 5.26 Å². The van der Waals surface area contributed by atoms with E-state index < -0.39 is 0 Å². The van der Waals surface area contributed by atoms with Crippen molar-refractivity contribution < 1.29 is 4.79 Å². The third-order valence-corrected chi connectivity index (χ3v) is 3.99. The predicted octanol–water partition coefficient (Wildman–Crippen LogP) is 3.04. The van der Waals surface area contributed by atoms with Crippen molar-refractivity contribution in [2.24, 2.45) is 0 Å². The van der Waals surface area contributed by atoms with Crippen LogP contribution in [0, 0.1) is 11.3 Å². The lowest BCUT2D eigenvalue weighted by Gasteiger charge is -2.05. The fraction of sp³-hybridized carbons (Fsp3) is 0.0714. The number of anilines is 1. The van der Waals surface area contributed by atoms with E-state index in [9.17, 15) is 4.79 Å². The monoisotopic (exact) mass is 390 g/mol. The number of carbonyl (C=O) groups excluding carboxylic acids is 1. The van der Waals surface area contributed by atoms with Crippen LogP contribution in [-0.2, 0) is 4.79 Å². The first-order valence-electron chi connectivity index (χ1n) is 6.40. The summed E-state index contributed by atoms with van der Waals surface area (Å²) in [4.78, 5) is 11.4. The number of benzene rings is 1. The molecule has 7 nitrogen and oxygen atoms in total. The molecule has 3 aromatic rings. The highest BCUT2D eigenvalue weighted by Crippen LogP contribution is 2.32. The van der Waals surface area contributed by atoms with Crippen molar-refractivity contribution in [2.75, 3.05) is 5.32 Å². The molecule has 0 atom stereocenters. The summed E-state index contributed by atoms with van der Waals surface area (Å²) in [6.07, 6.45) is 0. The Balaban J connectivity index is 2.27. The van der Waals surface area contributed by atoms with Crippen LogP contribution in [0.5, 0.6) is 0 Å². The summed E-state index contributed by atoms with van der Waals surface area (Å²) in [5.41, 5.74) is 1.76. The van der Waals surface area contributed by atoms with Crippen molar-refractivity contribution in [3.8, 4) is 17.3 Å². The van der Waals surface area contributed by atoms with Gasteiger partial charge in [0.2, 0.25) is 11.6 Å². The van der Waals surface area contributed by atoms with Gasteiger partial charge in [-0.05, 0) is 28.1 Å². The largest absolute Gasteiger partial charge is 0.308 e. The van der Waals surface area contributed by atoms with E-state index in [0.717, 1.165) is 5.56 Å². The minimum atomic E-state index is -0.338. The third-order valence-electron chi connectivity index (χ3n) is 3.00. The molecule has 1 amide bonds. The third kappa shape index (κ3) is 2.76. The molecule has 114 valence electrons. The molecule has 0 bridgehead atoms. The van der Waals surface area contributed by atoms with Gasteiger partial charge in [-0.2, -0.15) is 14.9 Å². The SMILES string of the molecule is CC(=O)Nc1c(C#N)nnc2c(Br)c(-c3ccc(Cl)cc3)nn12. The summed E-state index contributed by atoms with van der Waals surface area (Å²) >= 11 is 9.34. The molecule has 2 aromatic heterocycles. The highest BCUT2D eigenvalue weighted by molar-refractivity contribution is 9.10. The van der Waals surface area contributed by atoms with E-state index in [1.807, 2.05) is 18.2 Å². The van der Waals surface area contributed by atoms with E-state index in [2.05, 4.69) is 36.5 Å². The van der Waals surface area contributed by atoms with Gasteiger partial charge in [0.05, 0.1) is 4.47 Å². The van der Waals surface area contributed by atoms with E-state index in [1.165, 1.54) is 11.4 Å². The Kier molecular flexibility index (Phi) is 3.98.